The molecule has 1 aromatic heterocycles. The summed E-state index contributed by atoms with van der Waals surface area (Å²) in [5.41, 5.74) is 7.93. The Morgan fingerprint density at radius 1 is 1.04 bits per heavy atom. The van der Waals surface area contributed by atoms with Crippen LogP contribution < -0.4 is 21.3 Å². The summed E-state index contributed by atoms with van der Waals surface area (Å²) in [6, 6.07) is 10.5. The highest BCUT2D eigenvalue weighted by Gasteiger charge is 2.54. The molecule has 2 aromatic rings. The predicted octanol–water partition coefficient (Wildman–Crippen LogP) is 1.61. The van der Waals surface area contributed by atoms with Gasteiger partial charge in [-0.3, -0.25) is 15.0 Å². The predicted molar refractivity (Wildman–Crippen MR) is 96.4 cm³/mol. The summed E-state index contributed by atoms with van der Waals surface area (Å²) in [5, 5.41) is 0.661. The fraction of sp³-hybridized carbons (Fsp3) is 0.333. The van der Waals surface area contributed by atoms with Crippen LogP contribution >= 0.6 is 11.6 Å². The van der Waals surface area contributed by atoms with Crippen molar-refractivity contribution in [2.75, 3.05) is 4.90 Å². The topological polar surface area (TPSA) is 66.4 Å². The van der Waals surface area contributed by atoms with Gasteiger partial charge in [-0.1, -0.05) is 23.7 Å². The number of carbonyl (C=O) groups is 1. The van der Waals surface area contributed by atoms with E-state index in [0.717, 1.165) is 11.3 Å². The molecule has 7 heteroatoms. The molecule has 2 aliphatic heterocycles. The number of anilines is 1. The molecule has 0 bridgehead atoms. The molecule has 4 rings (SSSR count). The first-order chi connectivity index (χ1) is 12.0. The number of aromatic nitrogens is 1. The molecule has 2 saturated heterocycles. The van der Waals surface area contributed by atoms with Crippen molar-refractivity contribution >= 4 is 23.2 Å². The summed E-state index contributed by atoms with van der Waals surface area (Å²) in [7, 11) is 1.69. The summed E-state index contributed by atoms with van der Waals surface area (Å²) in [6.07, 6.45) is 1.71. The normalized spacial score (nSPS) is 28.4. The highest BCUT2D eigenvalue weighted by Crippen LogP contribution is 2.44. The fourth-order valence-corrected chi connectivity index (χ4v) is 4.01. The minimum absolute atomic E-state index is 0.000416. The molecular weight excluding hydrogens is 340 g/mol. The lowest BCUT2D eigenvalue weighted by molar-refractivity contribution is -0.119. The number of hydrazine groups is 1. The van der Waals surface area contributed by atoms with Gasteiger partial charge in [-0.2, -0.15) is 0 Å². The van der Waals surface area contributed by atoms with Crippen molar-refractivity contribution in [1.29, 1.82) is 0 Å². The number of benzene rings is 1. The van der Waals surface area contributed by atoms with Crippen molar-refractivity contribution in [2.24, 2.45) is 13.0 Å². The SMILES string of the molecule is CC1NNC2C(=O)N(c3ccc(=O)n(C)c3)C(c3ccc(Cl)cc3)C12. The van der Waals surface area contributed by atoms with Gasteiger partial charge in [0.1, 0.15) is 6.04 Å². The van der Waals surface area contributed by atoms with Gasteiger partial charge in [-0.15, -0.1) is 0 Å². The number of fused-ring (bicyclic) bond motifs is 1. The highest BCUT2D eigenvalue weighted by molar-refractivity contribution is 6.30. The van der Waals surface area contributed by atoms with Crippen molar-refractivity contribution in [3.05, 3.63) is 63.5 Å². The van der Waals surface area contributed by atoms with Crippen LogP contribution in [0.2, 0.25) is 5.02 Å². The Hall–Kier alpha value is -2.15. The number of aryl methyl sites for hydroxylation is 1. The maximum absolute atomic E-state index is 13.1. The van der Waals surface area contributed by atoms with Crippen molar-refractivity contribution in [3.63, 3.8) is 0 Å². The zero-order chi connectivity index (χ0) is 17.7. The summed E-state index contributed by atoms with van der Waals surface area (Å²) in [6.45, 7) is 2.07. The summed E-state index contributed by atoms with van der Waals surface area (Å²) >= 11 is 6.04. The number of amides is 1. The Labute approximate surface area is 150 Å². The molecule has 2 fully saturated rings. The van der Waals surface area contributed by atoms with Crippen molar-refractivity contribution in [1.82, 2.24) is 15.4 Å². The lowest BCUT2D eigenvalue weighted by Gasteiger charge is -2.30. The molecule has 130 valence electrons. The quantitative estimate of drug-likeness (QED) is 0.856. The molecule has 0 spiro atoms. The molecular formula is C18H19ClN4O2. The van der Waals surface area contributed by atoms with Gasteiger partial charge >= 0.3 is 0 Å². The van der Waals surface area contributed by atoms with Gasteiger partial charge in [0.15, 0.2) is 0 Å². The Balaban J connectivity index is 1.84. The van der Waals surface area contributed by atoms with Crippen LogP contribution in [-0.4, -0.2) is 22.6 Å². The zero-order valence-corrected chi connectivity index (χ0v) is 14.7. The van der Waals surface area contributed by atoms with Crippen molar-refractivity contribution < 1.29 is 4.79 Å². The third-order valence-corrected chi connectivity index (χ3v) is 5.39. The van der Waals surface area contributed by atoms with E-state index < -0.39 is 0 Å². The van der Waals surface area contributed by atoms with Crippen LogP contribution in [0.3, 0.4) is 0 Å². The molecule has 0 saturated carbocycles. The van der Waals surface area contributed by atoms with E-state index in [2.05, 4.69) is 17.8 Å². The molecule has 3 heterocycles. The van der Waals surface area contributed by atoms with Crippen LogP contribution in [0.1, 0.15) is 18.5 Å². The van der Waals surface area contributed by atoms with E-state index in [1.54, 1.807) is 24.2 Å². The van der Waals surface area contributed by atoms with Gasteiger partial charge in [0.05, 0.1) is 11.7 Å². The molecule has 25 heavy (non-hydrogen) atoms. The Morgan fingerprint density at radius 3 is 2.44 bits per heavy atom. The standard InChI is InChI=1S/C18H19ClN4O2/c1-10-15-16(21-20-10)18(25)23(13-7-8-14(24)22(2)9-13)17(15)11-3-5-12(19)6-4-11/h3-10,15-17,20-21H,1-2H3. The molecule has 1 aromatic carbocycles. The molecule has 2 aliphatic rings. The van der Waals surface area contributed by atoms with E-state index in [4.69, 9.17) is 11.6 Å². The number of halogens is 1. The van der Waals surface area contributed by atoms with Gasteiger partial charge in [0.2, 0.25) is 11.5 Å². The van der Waals surface area contributed by atoms with E-state index in [-0.39, 0.29) is 35.5 Å². The third-order valence-electron chi connectivity index (χ3n) is 5.13. The van der Waals surface area contributed by atoms with Gasteiger partial charge in [-0.05, 0) is 30.7 Å². The highest BCUT2D eigenvalue weighted by atomic mass is 35.5. The van der Waals surface area contributed by atoms with Crippen molar-refractivity contribution in [3.8, 4) is 0 Å². The molecule has 4 atom stereocenters. The van der Waals surface area contributed by atoms with E-state index in [9.17, 15) is 9.59 Å². The average molecular weight is 359 g/mol. The molecule has 0 radical (unpaired) electrons. The maximum atomic E-state index is 13.1. The minimum Gasteiger partial charge on any atom is -0.317 e. The van der Waals surface area contributed by atoms with Gasteiger partial charge in [0.25, 0.3) is 0 Å². The second kappa shape index (κ2) is 5.98. The largest absolute Gasteiger partial charge is 0.317 e. The molecule has 2 N–H and O–H groups in total. The minimum atomic E-state index is -0.298. The van der Waals surface area contributed by atoms with Crippen LogP contribution in [0.25, 0.3) is 0 Å². The monoisotopic (exact) mass is 358 g/mol. The first-order valence-corrected chi connectivity index (χ1v) is 8.61. The molecule has 0 aliphatic carbocycles. The van der Waals surface area contributed by atoms with Crippen LogP contribution in [0.4, 0.5) is 5.69 Å². The van der Waals surface area contributed by atoms with E-state index >= 15 is 0 Å². The number of hydrogen-bond donors (Lipinski definition) is 2. The van der Waals surface area contributed by atoms with E-state index in [0.29, 0.717) is 5.02 Å². The number of rotatable bonds is 2. The third kappa shape index (κ3) is 2.57. The van der Waals surface area contributed by atoms with Crippen LogP contribution in [-0.2, 0) is 11.8 Å². The maximum Gasteiger partial charge on any atom is 0.250 e. The number of nitrogens with zero attached hydrogens (tertiary/aromatic N) is 2. The fourth-order valence-electron chi connectivity index (χ4n) is 3.88. The lowest BCUT2D eigenvalue weighted by atomic mass is 9.87. The summed E-state index contributed by atoms with van der Waals surface area (Å²) in [5.74, 6) is 0.0753. The number of pyridine rings is 1. The second-order valence-corrected chi connectivity index (χ2v) is 7.11. The zero-order valence-electron chi connectivity index (χ0n) is 13.9. The summed E-state index contributed by atoms with van der Waals surface area (Å²) < 4.78 is 1.49. The molecule has 4 unspecified atom stereocenters. The van der Waals surface area contributed by atoms with Gasteiger partial charge in [0, 0.05) is 36.3 Å². The Kier molecular flexibility index (Phi) is 3.91. The van der Waals surface area contributed by atoms with Crippen LogP contribution in [0.5, 0.6) is 0 Å². The molecule has 1 amide bonds. The summed E-state index contributed by atoms with van der Waals surface area (Å²) in [4.78, 5) is 26.6. The van der Waals surface area contributed by atoms with E-state index in [1.807, 2.05) is 24.3 Å². The van der Waals surface area contributed by atoms with Gasteiger partial charge < -0.3 is 9.47 Å². The van der Waals surface area contributed by atoms with Gasteiger partial charge in [-0.25, -0.2) is 5.43 Å². The Morgan fingerprint density at radius 2 is 1.76 bits per heavy atom. The van der Waals surface area contributed by atoms with Crippen molar-refractivity contribution in [2.45, 2.75) is 25.0 Å². The smallest absolute Gasteiger partial charge is 0.250 e. The number of carbonyl (C=O) groups excluding carboxylic acids is 1. The Bertz CT molecular complexity index is 879. The van der Waals surface area contributed by atoms with Crippen LogP contribution in [0.15, 0.2) is 47.4 Å². The number of hydrogen-bond acceptors (Lipinski definition) is 4. The first-order valence-electron chi connectivity index (χ1n) is 8.23. The lowest BCUT2D eigenvalue weighted by Crippen LogP contribution is -2.42. The van der Waals surface area contributed by atoms with E-state index in [1.165, 1.54) is 10.6 Å². The number of nitrogens with one attached hydrogen (secondary N) is 2. The first kappa shape index (κ1) is 16.3. The molecule has 6 nitrogen and oxygen atoms in total. The van der Waals surface area contributed by atoms with Crippen LogP contribution in [0, 0.1) is 5.92 Å². The second-order valence-electron chi connectivity index (χ2n) is 6.67. The average Bonchev–Trinajstić information content (AvgIpc) is 3.10.